The normalized spacial score (nSPS) is 10.6. The van der Waals surface area contributed by atoms with E-state index in [-0.39, 0.29) is 5.56 Å². The molecule has 0 amide bonds. The third-order valence-electron chi connectivity index (χ3n) is 3.18. The Labute approximate surface area is 112 Å². The highest BCUT2D eigenvalue weighted by Gasteiger charge is 2.11. The number of rotatable bonds is 1. The van der Waals surface area contributed by atoms with Crippen LogP contribution in [-0.4, -0.2) is 9.55 Å². The van der Waals surface area contributed by atoms with Crippen LogP contribution in [0.1, 0.15) is 5.56 Å². The molecule has 3 rings (SSSR count). The van der Waals surface area contributed by atoms with Crippen molar-refractivity contribution in [2.75, 3.05) is 0 Å². The van der Waals surface area contributed by atoms with Gasteiger partial charge in [-0.25, -0.2) is 4.79 Å². The zero-order chi connectivity index (χ0) is 14.3. The van der Waals surface area contributed by atoms with Gasteiger partial charge in [-0.15, -0.1) is 0 Å². The van der Waals surface area contributed by atoms with Crippen molar-refractivity contribution in [3.63, 3.8) is 0 Å². The molecule has 0 saturated heterocycles. The van der Waals surface area contributed by atoms with Crippen LogP contribution < -0.4 is 11.3 Å². The molecule has 20 heavy (non-hydrogen) atoms. The van der Waals surface area contributed by atoms with E-state index in [2.05, 4.69) is 4.98 Å². The second-order valence-electron chi connectivity index (χ2n) is 4.32. The lowest BCUT2D eigenvalue weighted by Crippen LogP contribution is -2.10. The molecule has 0 atom stereocenters. The predicted octanol–water partition coefficient (Wildman–Crippen LogP) is 1.36. The Morgan fingerprint density at radius 2 is 2.10 bits per heavy atom. The highest BCUT2D eigenvalue weighted by atomic mass is 16.4. The van der Waals surface area contributed by atoms with Gasteiger partial charge in [-0.3, -0.25) is 9.36 Å². The van der Waals surface area contributed by atoms with Crippen LogP contribution in [0.4, 0.5) is 0 Å². The fourth-order valence-corrected chi connectivity index (χ4v) is 2.13. The van der Waals surface area contributed by atoms with Crippen LogP contribution >= 0.6 is 0 Å². The molecule has 6 heteroatoms. The summed E-state index contributed by atoms with van der Waals surface area (Å²) in [6.45, 7) is 0. The molecule has 3 aromatic rings. The summed E-state index contributed by atoms with van der Waals surface area (Å²) in [4.78, 5) is 25.5. The first-order valence-corrected chi connectivity index (χ1v) is 5.83. The summed E-state index contributed by atoms with van der Waals surface area (Å²) in [5.41, 5.74) is 1.81. The van der Waals surface area contributed by atoms with Gasteiger partial charge >= 0.3 is 5.76 Å². The SMILES string of the molecule is Cn1c(=O)oc2cc(-c3cc[nH]c(=O)c3C#N)ccc21. The van der Waals surface area contributed by atoms with Gasteiger partial charge in [0.2, 0.25) is 0 Å². The standard InChI is InChI=1S/C14H9N3O3/c1-17-11-3-2-8(6-12(11)20-14(17)19)9-4-5-16-13(18)10(9)7-15/h2-6H,1H3,(H,16,18). The number of oxazole rings is 1. The molecule has 0 saturated carbocycles. The Balaban J connectivity index is 2.31. The zero-order valence-electron chi connectivity index (χ0n) is 10.5. The molecule has 0 bridgehead atoms. The largest absolute Gasteiger partial charge is 0.419 e. The lowest BCUT2D eigenvalue weighted by atomic mass is 10.0. The van der Waals surface area contributed by atoms with E-state index in [1.807, 2.05) is 6.07 Å². The molecule has 2 aromatic heterocycles. The van der Waals surface area contributed by atoms with Crippen molar-refractivity contribution in [2.45, 2.75) is 0 Å². The van der Waals surface area contributed by atoms with Gasteiger partial charge in [-0.05, 0) is 23.8 Å². The summed E-state index contributed by atoms with van der Waals surface area (Å²) in [5.74, 6) is -0.455. The van der Waals surface area contributed by atoms with Gasteiger partial charge in [0.05, 0.1) is 5.52 Å². The van der Waals surface area contributed by atoms with E-state index in [9.17, 15) is 9.59 Å². The molecule has 0 spiro atoms. The van der Waals surface area contributed by atoms with Crippen LogP contribution in [0.3, 0.4) is 0 Å². The number of hydrogen-bond acceptors (Lipinski definition) is 4. The van der Waals surface area contributed by atoms with E-state index in [0.29, 0.717) is 22.2 Å². The Kier molecular flexibility index (Phi) is 2.54. The molecule has 0 fully saturated rings. The third-order valence-corrected chi connectivity index (χ3v) is 3.18. The van der Waals surface area contributed by atoms with Gasteiger partial charge in [-0.2, -0.15) is 5.26 Å². The van der Waals surface area contributed by atoms with Crippen LogP contribution in [0.2, 0.25) is 0 Å². The van der Waals surface area contributed by atoms with Crippen LogP contribution in [-0.2, 0) is 7.05 Å². The number of nitriles is 1. The molecule has 6 nitrogen and oxygen atoms in total. The molecule has 0 aliphatic rings. The lowest BCUT2D eigenvalue weighted by molar-refractivity contribution is 0.528. The first-order valence-electron chi connectivity index (χ1n) is 5.83. The summed E-state index contributed by atoms with van der Waals surface area (Å²) < 4.78 is 6.49. The van der Waals surface area contributed by atoms with Crippen molar-refractivity contribution < 1.29 is 4.42 Å². The number of nitrogens with one attached hydrogen (secondary N) is 1. The molecular formula is C14H9N3O3. The van der Waals surface area contributed by atoms with Gasteiger partial charge in [-0.1, -0.05) is 6.07 Å². The topological polar surface area (TPSA) is 91.8 Å². The van der Waals surface area contributed by atoms with E-state index in [4.69, 9.17) is 9.68 Å². The summed E-state index contributed by atoms with van der Waals surface area (Å²) in [6.07, 6.45) is 1.48. The number of hydrogen-bond donors (Lipinski definition) is 1. The van der Waals surface area contributed by atoms with Crippen LogP contribution in [0, 0.1) is 11.3 Å². The fraction of sp³-hybridized carbons (Fsp3) is 0.0714. The second-order valence-corrected chi connectivity index (χ2v) is 4.32. The van der Waals surface area contributed by atoms with E-state index in [1.165, 1.54) is 10.8 Å². The lowest BCUT2D eigenvalue weighted by Gasteiger charge is -2.03. The Morgan fingerprint density at radius 3 is 2.85 bits per heavy atom. The maximum absolute atomic E-state index is 11.6. The molecule has 0 aliphatic heterocycles. The van der Waals surface area contributed by atoms with E-state index in [1.54, 1.807) is 31.3 Å². The minimum atomic E-state index is -0.455. The fourth-order valence-electron chi connectivity index (χ4n) is 2.13. The van der Waals surface area contributed by atoms with Gasteiger partial charge in [0.1, 0.15) is 11.6 Å². The Morgan fingerprint density at radius 1 is 1.30 bits per heavy atom. The van der Waals surface area contributed by atoms with Crippen molar-refractivity contribution in [1.29, 1.82) is 5.26 Å². The average Bonchev–Trinajstić information content (AvgIpc) is 2.73. The molecule has 1 aromatic carbocycles. The second kappa shape index (κ2) is 4.24. The van der Waals surface area contributed by atoms with Gasteiger partial charge in [0.25, 0.3) is 5.56 Å². The average molecular weight is 267 g/mol. The predicted molar refractivity (Wildman–Crippen MR) is 72.2 cm³/mol. The molecule has 0 unspecified atom stereocenters. The van der Waals surface area contributed by atoms with E-state index < -0.39 is 11.3 Å². The summed E-state index contributed by atoms with van der Waals surface area (Å²) in [5, 5.41) is 9.07. The quantitative estimate of drug-likeness (QED) is 0.720. The third kappa shape index (κ3) is 1.65. The van der Waals surface area contributed by atoms with E-state index >= 15 is 0 Å². The van der Waals surface area contributed by atoms with Crippen molar-refractivity contribution in [2.24, 2.45) is 7.05 Å². The highest BCUT2D eigenvalue weighted by molar-refractivity contribution is 5.82. The number of benzene rings is 1. The van der Waals surface area contributed by atoms with Gasteiger partial charge in [0.15, 0.2) is 5.58 Å². The van der Waals surface area contributed by atoms with E-state index in [0.717, 1.165) is 0 Å². The van der Waals surface area contributed by atoms with Gasteiger partial charge < -0.3 is 9.40 Å². The first kappa shape index (κ1) is 12.0. The summed E-state index contributed by atoms with van der Waals surface area (Å²) in [7, 11) is 1.61. The monoisotopic (exact) mass is 267 g/mol. The number of pyridine rings is 1. The maximum atomic E-state index is 11.6. The van der Waals surface area contributed by atoms with Crippen molar-refractivity contribution in [3.8, 4) is 17.2 Å². The number of aryl methyl sites for hydroxylation is 1. The zero-order valence-corrected chi connectivity index (χ0v) is 10.5. The Hall–Kier alpha value is -3.07. The molecule has 0 aliphatic carbocycles. The molecule has 98 valence electrons. The number of H-pyrrole nitrogens is 1. The molecule has 0 radical (unpaired) electrons. The molecule has 1 N–H and O–H groups in total. The minimum absolute atomic E-state index is 0.0325. The van der Waals surface area contributed by atoms with Crippen molar-refractivity contribution in [1.82, 2.24) is 9.55 Å². The van der Waals surface area contributed by atoms with Crippen LogP contribution in [0.25, 0.3) is 22.2 Å². The summed E-state index contributed by atoms with van der Waals surface area (Å²) in [6, 6.07) is 8.64. The number of nitrogens with zero attached hydrogens (tertiary/aromatic N) is 2. The smallest absolute Gasteiger partial charge is 0.408 e. The van der Waals surface area contributed by atoms with Crippen molar-refractivity contribution in [3.05, 3.63) is 56.9 Å². The highest BCUT2D eigenvalue weighted by Crippen LogP contribution is 2.24. The molecule has 2 heterocycles. The van der Waals surface area contributed by atoms with Gasteiger partial charge in [0, 0.05) is 18.8 Å². The van der Waals surface area contributed by atoms with Crippen LogP contribution in [0.15, 0.2) is 44.5 Å². The number of aromatic nitrogens is 2. The Bertz CT molecular complexity index is 970. The first-order chi connectivity index (χ1) is 9.61. The number of aromatic amines is 1. The van der Waals surface area contributed by atoms with Crippen molar-refractivity contribution >= 4 is 11.1 Å². The minimum Gasteiger partial charge on any atom is -0.408 e. The summed E-state index contributed by atoms with van der Waals surface area (Å²) >= 11 is 0. The maximum Gasteiger partial charge on any atom is 0.419 e. The van der Waals surface area contributed by atoms with Crippen LogP contribution in [0.5, 0.6) is 0 Å². The molecular weight excluding hydrogens is 258 g/mol. The number of fused-ring (bicyclic) bond motifs is 1.